The molecule has 4 heteroatoms. The molecular formula is C20H18BrNO2. The number of esters is 1. The molecule has 4 rings (SSSR count). The van der Waals surface area contributed by atoms with Gasteiger partial charge in [-0.1, -0.05) is 40.2 Å². The normalized spacial score (nSPS) is 24.0. The van der Waals surface area contributed by atoms with Crippen molar-refractivity contribution in [1.29, 1.82) is 0 Å². The van der Waals surface area contributed by atoms with Crippen LogP contribution in [-0.4, -0.2) is 13.1 Å². The second-order valence-electron chi connectivity index (χ2n) is 6.32. The van der Waals surface area contributed by atoms with Gasteiger partial charge in [0.2, 0.25) is 0 Å². The molecule has 0 saturated heterocycles. The quantitative estimate of drug-likeness (QED) is 0.581. The van der Waals surface area contributed by atoms with E-state index >= 15 is 0 Å². The van der Waals surface area contributed by atoms with E-state index in [-0.39, 0.29) is 12.0 Å². The highest BCUT2D eigenvalue weighted by atomic mass is 79.9. The number of carbonyl (C=O) groups excluding carboxylic acids is 1. The molecular weight excluding hydrogens is 366 g/mol. The van der Waals surface area contributed by atoms with Gasteiger partial charge in [-0.15, -0.1) is 0 Å². The lowest BCUT2D eigenvalue weighted by Crippen LogP contribution is -2.29. The summed E-state index contributed by atoms with van der Waals surface area (Å²) >= 11 is 3.58. The Morgan fingerprint density at radius 2 is 2.00 bits per heavy atom. The Balaban J connectivity index is 1.69. The fourth-order valence-electron chi connectivity index (χ4n) is 3.84. The summed E-state index contributed by atoms with van der Waals surface area (Å²) in [5.41, 5.74) is 4.33. The van der Waals surface area contributed by atoms with E-state index in [1.54, 1.807) is 0 Å². The highest BCUT2D eigenvalue weighted by Gasteiger charge is 2.37. The van der Waals surface area contributed by atoms with Crippen molar-refractivity contribution in [1.82, 2.24) is 0 Å². The molecule has 0 spiro atoms. The number of hydrogen-bond acceptors (Lipinski definition) is 3. The van der Waals surface area contributed by atoms with Crippen LogP contribution in [0.2, 0.25) is 0 Å². The molecule has 1 N–H and O–H groups in total. The number of methoxy groups -OCH3 is 1. The van der Waals surface area contributed by atoms with Crippen LogP contribution in [0.5, 0.6) is 0 Å². The Bertz CT molecular complexity index is 813. The van der Waals surface area contributed by atoms with E-state index in [0.717, 1.165) is 10.9 Å². The number of hydrogen-bond donors (Lipinski definition) is 1. The summed E-state index contributed by atoms with van der Waals surface area (Å²) < 4.78 is 5.89. The summed E-state index contributed by atoms with van der Waals surface area (Å²) in [6, 6.07) is 14.4. The number of rotatable bonds is 2. The summed E-state index contributed by atoms with van der Waals surface area (Å²) in [5.74, 6) is 0.633. The highest BCUT2D eigenvalue weighted by molar-refractivity contribution is 9.10. The molecule has 0 aromatic heterocycles. The number of benzene rings is 2. The first-order valence-corrected chi connectivity index (χ1v) is 8.87. The molecule has 2 aromatic carbocycles. The Hall–Kier alpha value is -2.07. The van der Waals surface area contributed by atoms with Crippen LogP contribution < -0.4 is 5.32 Å². The number of allylic oxidation sites excluding steroid dienone is 2. The number of fused-ring (bicyclic) bond motifs is 3. The number of halogens is 1. The van der Waals surface area contributed by atoms with Crippen molar-refractivity contribution in [3.63, 3.8) is 0 Å². The minimum atomic E-state index is -0.297. The molecule has 0 saturated carbocycles. The Morgan fingerprint density at radius 3 is 2.75 bits per heavy atom. The number of anilines is 1. The Morgan fingerprint density at radius 1 is 1.21 bits per heavy atom. The first-order valence-electron chi connectivity index (χ1n) is 8.08. The smallest absolute Gasteiger partial charge is 0.337 e. The van der Waals surface area contributed by atoms with Crippen molar-refractivity contribution in [2.24, 2.45) is 5.92 Å². The van der Waals surface area contributed by atoms with E-state index in [1.807, 2.05) is 24.3 Å². The van der Waals surface area contributed by atoms with Crippen LogP contribution in [0.25, 0.3) is 0 Å². The van der Waals surface area contributed by atoms with Gasteiger partial charge < -0.3 is 10.1 Å². The summed E-state index contributed by atoms with van der Waals surface area (Å²) in [4.78, 5) is 11.6. The van der Waals surface area contributed by atoms with Gasteiger partial charge in [0.15, 0.2) is 0 Å². The standard InChI is InChI=1S/C20H18BrNO2/c1-24-20(23)13-7-5-12(6-8-13)19-16-4-2-3-15(16)17-11-14(21)9-10-18(17)22-19/h2-3,5-11,15-16,19,22H,4H2,1H3/t15-,16-,19+/m0/s1. The van der Waals surface area contributed by atoms with Gasteiger partial charge in [-0.25, -0.2) is 4.79 Å². The zero-order chi connectivity index (χ0) is 16.7. The van der Waals surface area contributed by atoms with Gasteiger partial charge >= 0.3 is 5.97 Å². The average Bonchev–Trinajstić information content (AvgIpc) is 3.11. The van der Waals surface area contributed by atoms with E-state index in [1.165, 1.54) is 23.9 Å². The molecule has 2 aromatic rings. The zero-order valence-electron chi connectivity index (χ0n) is 13.3. The van der Waals surface area contributed by atoms with Crippen LogP contribution in [0.15, 0.2) is 59.1 Å². The van der Waals surface area contributed by atoms with Gasteiger partial charge in [-0.2, -0.15) is 0 Å². The van der Waals surface area contributed by atoms with E-state index in [4.69, 9.17) is 4.74 Å². The molecule has 1 heterocycles. The SMILES string of the molecule is COC(=O)c1ccc([C@H]2Nc3ccc(Br)cc3[C@H]3C=CC[C@@H]32)cc1. The molecule has 1 aliphatic heterocycles. The Kier molecular flexibility index (Phi) is 3.93. The minimum Gasteiger partial charge on any atom is -0.465 e. The molecule has 3 nitrogen and oxygen atoms in total. The van der Waals surface area contributed by atoms with Crippen molar-refractivity contribution < 1.29 is 9.53 Å². The van der Waals surface area contributed by atoms with Crippen molar-refractivity contribution in [3.05, 3.63) is 75.8 Å². The minimum absolute atomic E-state index is 0.241. The van der Waals surface area contributed by atoms with Crippen LogP contribution >= 0.6 is 15.9 Å². The van der Waals surface area contributed by atoms with Crippen LogP contribution in [0.3, 0.4) is 0 Å². The van der Waals surface area contributed by atoms with Gasteiger partial charge in [0.25, 0.3) is 0 Å². The third-order valence-corrected chi connectivity index (χ3v) is 5.51. The number of ether oxygens (including phenoxy) is 1. The van der Waals surface area contributed by atoms with E-state index in [0.29, 0.717) is 17.4 Å². The molecule has 1 aliphatic carbocycles. The van der Waals surface area contributed by atoms with Gasteiger partial charge in [0.1, 0.15) is 0 Å². The van der Waals surface area contributed by atoms with Gasteiger partial charge in [0.05, 0.1) is 18.7 Å². The second-order valence-corrected chi connectivity index (χ2v) is 7.24. The predicted molar refractivity (Wildman–Crippen MR) is 98.3 cm³/mol. The lowest BCUT2D eigenvalue weighted by molar-refractivity contribution is 0.0600. The maximum atomic E-state index is 11.6. The van der Waals surface area contributed by atoms with Crippen LogP contribution in [-0.2, 0) is 4.74 Å². The van der Waals surface area contributed by atoms with E-state index < -0.39 is 0 Å². The monoisotopic (exact) mass is 383 g/mol. The maximum absolute atomic E-state index is 11.6. The largest absolute Gasteiger partial charge is 0.465 e. The lowest BCUT2D eigenvalue weighted by atomic mass is 9.77. The number of nitrogens with one attached hydrogen (secondary N) is 1. The van der Waals surface area contributed by atoms with E-state index in [9.17, 15) is 4.79 Å². The van der Waals surface area contributed by atoms with Crippen LogP contribution in [0.1, 0.15) is 39.9 Å². The summed E-state index contributed by atoms with van der Waals surface area (Å²) in [6.07, 6.45) is 5.67. The summed E-state index contributed by atoms with van der Waals surface area (Å²) in [5, 5.41) is 3.70. The third-order valence-electron chi connectivity index (χ3n) is 5.02. The van der Waals surface area contributed by atoms with Gasteiger partial charge in [-0.05, 0) is 53.8 Å². The first kappa shape index (κ1) is 15.5. The number of carbonyl (C=O) groups is 1. The topological polar surface area (TPSA) is 38.3 Å². The predicted octanol–water partition coefficient (Wildman–Crippen LogP) is 5.06. The van der Waals surface area contributed by atoms with Gasteiger partial charge in [0, 0.05) is 16.1 Å². The molecule has 3 atom stereocenters. The van der Waals surface area contributed by atoms with Crippen molar-refractivity contribution in [2.75, 3.05) is 12.4 Å². The first-order chi connectivity index (χ1) is 11.7. The van der Waals surface area contributed by atoms with Gasteiger partial charge in [-0.3, -0.25) is 0 Å². The molecule has 0 bridgehead atoms. The van der Waals surface area contributed by atoms with Crippen LogP contribution in [0, 0.1) is 5.92 Å². The third kappa shape index (κ3) is 2.55. The molecule has 0 amide bonds. The molecule has 0 radical (unpaired) electrons. The summed E-state index contributed by atoms with van der Waals surface area (Å²) in [7, 11) is 1.41. The maximum Gasteiger partial charge on any atom is 0.337 e. The molecule has 122 valence electrons. The summed E-state index contributed by atoms with van der Waals surface area (Å²) in [6.45, 7) is 0. The molecule has 0 fully saturated rings. The molecule has 0 unspecified atom stereocenters. The second kappa shape index (κ2) is 6.10. The average molecular weight is 384 g/mol. The Labute approximate surface area is 149 Å². The fourth-order valence-corrected chi connectivity index (χ4v) is 4.22. The molecule has 2 aliphatic rings. The van der Waals surface area contributed by atoms with Crippen molar-refractivity contribution >= 4 is 27.6 Å². The lowest BCUT2D eigenvalue weighted by Gasteiger charge is -2.37. The highest BCUT2D eigenvalue weighted by Crippen LogP contribution is 2.50. The van der Waals surface area contributed by atoms with E-state index in [2.05, 4.69) is 51.6 Å². The zero-order valence-corrected chi connectivity index (χ0v) is 14.9. The van der Waals surface area contributed by atoms with Crippen LogP contribution in [0.4, 0.5) is 5.69 Å². The fraction of sp³-hybridized carbons (Fsp3) is 0.250. The molecule has 24 heavy (non-hydrogen) atoms. The van der Waals surface area contributed by atoms with Crippen molar-refractivity contribution in [3.8, 4) is 0 Å². The van der Waals surface area contributed by atoms with Crippen molar-refractivity contribution in [2.45, 2.75) is 18.4 Å².